The first kappa shape index (κ1) is 45.2. The Morgan fingerprint density at radius 1 is 0.881 bits per heavy atom. The molecule has 0 radical (unpaired) electrons. The number of amides is 4. The van der Waals surface area contributed by atoms with Crippen LogP contribution >= 0.6 is 0 Å². The summed E-state index contributed by atoms with van der Waals surface area (Å²) in [6.45, 7) is 11.0. The fourth-order valence-electron chi connectivity index (χ4n) is 9.79. The van der Waals surface area contributed by atoms with Crippen molar-refractivity contribution in [1.29, 1.82) is 0 Å². The summed E-state index contributed by atoms with van der Waals surface area (Å²) in [7, 11) is 2.95. The molecule has 3 aliphatic heterocycles. The van der Waals surface area contributed by atoms with Gasteiger partial charge in [-0.05, 0) is 97.9 Å². The molecule has 9 rings (SSSR count). The van der Waals surface area contributed by atoms with E-state index in [-0.39, 0.29) is 29.7 Å². The van der Waals surface area contributed by atoms with Gasteiger partial charge in [-0.2, -0.15) is 0 Å². The van der Waals surface area contributed by atoms with E-state index in [1.165, 1.54) is 7.11 Å². The average molecular weight is 911 g/mol. The molecule has 1 unspecified atom stereocenters. The maximum atomic E-state index is 14.7. The smallest absolute Gasteiger partial charge is 0.408 e. The minimum absolute atomic E-state index is 0.0485. The number of imidazole rings is 2. The van der Waals surface area contributed by atoms with E-state index in [9.17, 15) is 19.2 Å². The summed E-state index contributed by atoms with van der Waals surface area (Å²) < 4.78 is 22.4. The maximum absolute atomic E-state index is 14.7. The van der Waals surface area contributed by atoms with Crippen molar-refractivity contribution in [3.8, 4) is 28.1 Å². The molecule has 2 saturated heterocycles. The Kier molecular flexibility index (Phi) is 12.4. The van der Waals surface area contributed by atoms with Gasteiger partial charge in [0.05, 0.1) is 48.7 Å². The van der Waals surface area contributed by atoms with Gasteiger partial charge < -0.3 is 49.3 Å². The van der Waals surface area contributed by atoms with Crippen molar-refractivity contribution in [2.75, 3.05) is 33.9 Å². The molecule has 16 nitrogen and oxygen atoms in total. The predicted molar refractivity (Wildman–Crippen MR) is 252 cm³/mol. The number of likely N-dealkylation sites (tertiary alicyclic amines) is 2. The fraction of sp³-hybridized carbons (Fsp3) is 0.412. The number of H-pyrrole nitrogens is 2. The lowest BCUT2D eigenvalue weighted by Gasteiger charge is -2.30. The van der Waals surface area contributed by atoms with Gasteiger partial charge in [0.15, 0.2) is 0 Å². The van der Waals surface area contributed by atoms with Gasteiger partial charge in [-0.25, -0.2) is 19.6 Å². The first-order valence-electron chi connectivity index (χ1n) is 23.0. The van der Waals surface area contributed by atoms with Crippen molar-refractivity contribution in [1.82, 2.24) is 40.4 Å². The summed E-state index contributed by atoms with van der Waals surface area (Å²) in [4.78, 5) is 74.1. The topological polar surface area (TPSA) is 193 Å². The highest BCUT2D eigenvalue weighted by atomic mass is 16.6. The number of aromatic amines is 2. The van der Waals surface area contributed by atoms with Crippen molar-refractivity contribution in [2.24, 2.45) is 11.8 Å². The maximum Gasteiger partial charge on any atom is 0.408 e. The van der Waals surface area contributed by atoms with Crippen LogP contribution in [0.5, 0.6) is 5.75 Å². The number of alkyl carbamates (subject to hydrolysis) is 2. The molecule has 4 N–H and O–H groups in total. The SMILES string of the molecule is COC[C@H]1C[C@@H](c2nc3ccc4cc5c(cc4c3[nH]2)OCc2cc(-c3cnc([C@@H]4CCCN4C(=O)[C@@H](NC(=O)OC)C(C)C)[nH]3)ccc2-5)N(C(=O)C(NC(=O)OC(C)(C)C)c2ccccc2)C1. The van der Waals surface area contributed by atoms with Gasteiger partial charge in [-0.1, -0.05) is 62.4 Å². The molecule has 0 saturated carbocycles. The number of nitrogens with zero attached hydrogens (tertiary/aromatic N) is 4. The van der Waals surface area contributed by atoms with Crippen molar-refractivity contribution < 1.29 is 38.1 Å². The first-order valence-corrected chi connectivity index (χ1v) is 23.0. The van der Waals surface area contributed by atoms with Gasteiger partial charge >= 0.3 is 12.2 Å². The van der Waals surface area contributed by atoms with E-state index in [0.29, 0.717) is 49.9 Å². The Morgan fingerprint density at radius 3 is 2.43 bits per heavy atom. The molecule has 6 aromatic rings. The van der Waals surface area contributed by atoms with E-state index in [4.69, 9.17) is 28.9 Å². The number of nitrogens with one attached hydrogen (secondary N) is 4. The number of carbonyl (C=O) groups is 4. The summed E-state index contributed by atoms with van der Waals surface area (Å²) in [5.74, 6) is 1.62. The van der Waals surface area contributed by atoms with Crippen LogP contribution in [-0.4, -0.2) is 99.3 Å². The molecule has 350 valence electrons. The van der Waals surface area contributed by atoms with Crippen LogP contribution in [0.2, 0.25) is 0 Å². The average Bonchev–Trinajstić information content (AvgIpc) is 4.15. The van der Waals surface area contributed by atoms with Gasteiger partial charge in [0, 0.05) is 37.1 Å². The number of benzene rings is 4. The zero-order valence-corrected chi connectivity index (χ0v) is 39.0. The van der Waals surface area contributed by atoms with Gasteiger partial charge in [0.1, 0.15) is 41.7 Å². The van der Waals surface area contributed by atoms with Gasteiger partial charge in [0.25, 0.3) is 5.91 Å². The van der Waals surface area contributed by atoms with E-state index in [2.05, 4.69) is 57.0 Å². The minimum Gasteiger partial charge on any atom is -0.488 e. The Morgan fingerprint density at radius 2 is 1.69 bits per heavy atom. The molecule has 67 heavy (non-hydrogen) atoms. The Balaban J connectivity index is 0.974. The fourth-order valence-corrected chi connectivity index (χ4v) is 9.79. The van der Waals surface area contributed by atoms with Crippen LogP contribution in [0.3, 0.4) is 0 Å². The molecule has 0 spiro atoms. The van der Waals surface area contributed by atoms with E-state index in [1.807, 2.05) is 55.1 Å². The van der Waals surface area contributed by atoms with Crippen molar-refractivity contribution >= 4 is 45.8 Å². The molecule has 5 heterocycles. The second-order valence-electron chi connectivity index (χ2n) is 19.1. The molecule has 5 atom stereocenters. The highest BCUT2D eigenvalue weighted by Gasteiger charge is 2.42. The van der Waals surface area contributed by atoms with Gasteiger partial charge in [0.2, 0.25) is 5.91 Å². The zero-order chi connectivity index (χ0) is 47.1. The molecule has 2 fully saturated rings. The first-order chi connectivity index (χ1) is 32.2. The van der Waals surface area contributed by atoms with Crippen LogP contribution < -0.4 is 15.4 Å². The number of hydrogen-bond acceptors (Lipinski definition) is 10. The minimum atomic E-state index is -0.980. The molecule has 0 aliphatic carbocycles. The number of methoxy groups -OCH3 is 2. The molecular formula is C51H58N8O8. The largest absolute Gasteiger partial charge is 0.488 e. The van der Waals surface area contributed by atoms with Gasteiger partial charge in [-0.3, -0.25) is 9.59 Å². The highest BCUT2D eigenvalue weighted by Crippen LogP contribution is 2.44. The van der Waals surface area contributed by atoms with Crippen LogP contribution in [0.4, 0.5) is 9.59 Å². The lowest BCUT2D eigenvalue weighted by molar-refractivity contribution is -0.136. The van der Waals surface area contributed by atoms with Crippen molar-refractivity contribution in [3.05, 3.63) is 102 Å². The van der Waals surface area contributed by atoms with Crippen LogP contribution in [0.1, 0.15) is 94.8 Å². The Labute approximate surface area is 389 Å². The van der Waals surface area contributed by atoms with Crippen molar-refractivity contribution in [2.45, 2.75) is 90.3 Å². The third-order valence-corrected chi connectivity index (χ3v) is 12.9. The predicted octanol–water partition coefficient (Wildman–Crippen LogP) is 8.51. The van der Waals surface area contributed by atoms with E-state index in [0.717, 1.165) is 68.3 Å². The van der Waals surface area contributed by atoms with E-state index < -0.39 is 35.9 Å². The van der Waals surface area contributed by atoms with E-state index >= 15 is 0 Å². The molecular weight excluding hydrogens is 853 g/mol. The quantitative estimate of drug-likeness (QED) is 0.0980. The van der Waals surface area contributed by atoms with E-state index in [1.54, 1.807) is 39.0 Å². The lowest BCUT2D eigenvalue weighted by Crippen LogP contribution is -2.51. The number of aromatic nitrogens is 4. The van der Waals surface area contributed by atoms with Crippen LogP contribution in [0.15, 0.2) is 79.0 Å². The second-order valence-corrected chi connectivity index (χ2v) is 19.1. The molecule has 0 bridgehead atoms. The van der Waals surface area contributed by atoms with Crippen molar-refractivity contribution in [3.63, 3.8) is 0 Å². The molecule has 4 aromatic carbocycles. The third kappa shape index (κ3) is 9.14. The zero-order valence-electron chi connectivity index (χ0n) is 39.0. The Hall–Kier alpha value is -6.94. The number of fused-ring (bicyclic) bond motifs is 6. The normalized spacial score (nSPS) is 18.9. The van der Waals surface area contributed by atoms with Gasteiger partial charge in [-0.15, -0.1) is 0 Å². The molecule has 16 heteroatoms. The number of rotatable bonds is 11. The molecule has 4 amide bonds. The molecule has 3 aliphatic rings. The monoisotopic (exact) mass is 910 g/mol. The lowest BCUT2D eigenvalue weighted by atomic mass is 9.92. The standard InChI is InChI=1S/C51H58N8O8/c1-28(2)42(56-49(62)65-7)47(60)58-19-11-14-39(58)45-52-24-38(54-45)32-15-17-34-33(21-32)27-66-41-23-35-31(22-36(34)41)16-18-37-44(35)55-46(53-37)40-20-29(26-64-6)25-59(40)48(61)43(30-12-9-8-10-13-30)57-50(63)67-51(3,4)5/h8-10,12-13,15-18,21-24,28-29,39-40,42-43H,11,14,19-20,25-27H2,1-7H3,(H,52,54)(H,53,55)(H,56,62)(H,57,63)/t29-,39-,40-,42-,43?/m0/s1. The summed E-state index contributed by atoms with van der Waals surface area (Å²) >= 11 is 0. The Bertz CT molecular complexity index is 2830. The molecule has 2 aromatic heterocycles. The summed E-state index contributed by atoms with van der Waals surface area (Å²) in [6.07, 6.45) is 2.70. The highest BCUT2D eigenvalue weighted by molar-refractivity contribution is 6.07. The van der Waals surface area contributed by atoms with Crippen LogP contribution in [0, 0.1) is 11.8 Å². The van der Waals surface area contributed by atoms with Crippen LogP contribution in [-0.2, 0) is 30.4 Å². The second kappa shape index (κ2) is 18.4. The van der Waals surface area contributed by atoms with Crippen LogP contribution in [0.25, 0.3) is 44.2 Å². The number of hydrogen-bond donors (Lipinski definition) is 4. The summed E-state index contributed by atoms with van der Waals surface area (Å²) in [5.41, 5.74) is 6.36. The number of ether oxygens (including phenoxy) is 4. The summed E-state index contributed by atoms with van der Waals surface area (Å²) in [5, 5.41) is 7.51. The third-order valence-electron chi connectivity index (χ3n) is 12.9. The summed E-state index contributed by atoms with van der Waals surface area (Å²) in [6, 6.07) is 21.4. The number of carbonyl (C=O) groups excluding carboxylic acids is 4.